The van der Waals surface area contributed by atoms with E-state index in [-0.39, 0.29) is 0 Å². The number of anilines is 2. The number of aromatic nitrogens is 3. The molecule has 6 heteroatoms. The second-order valence-corrected chi connectivity index (χ2v) is 9.46. The highest BCUT2D eigenvalue weighted by Gasteiger charge is 2.30. The molecule has 34 heavy (non-hydrogen) atoms. The molecule has 0 aliphatic carbocycles. The first-order valence-electron chi connectivity index (χ1n) is 11.0. The van der Waals surface area contributed by atoms with E-state index in [2.05, 4.69) is 5.32 Å². The second kappa shape index (κ2) is 8.41. The highest BCUT2D eigenvalue weighted by atomic mass is 32.2. The maximum Gasteiger partial charge on any atom is 0.182 e. The third-order valence-electron chi connectivity index (χ3n) is 5.91. The third-order valence-corrected chi connectivity index (χ3v) is 7.41. The lowest BCUT2D eigenvalue weighted by Crippen LogP contribution is -2.15. The quantitative estimate of drug-likeness (QED) is 0.315. The van der Waals surface area contributed by atoms with Crippen LogP contribution in [0.5, 0.6) is 0 Å². The maximum absolute atomic E-state index is 13.2. The van der Waals surface area contributed by atoms with Crippen LogP contribution in [0.2, 0.25) is 0 Å². The summed E-state index contributed by atoms with van der Waals surface area (Å²) in [4.78, 5) is 16.0. The van der Waals surface area contributed by atoms with Crippen LogP contribution in [0.15, 0.2) is 107 Å². The van der Waals surface area contributed by atoms with Crippen molar-refractivity contribution in [2.75, 3.05) is 5.32 Å². The topological polar surface area (TPSA) is 73.8 Å². The Morgan fingerprint density at radius 1 is 0.618 bits per heavy atom. The van der Waals surface area contributed by atoms with Crippen molar-refractivity contribution in [2.24, 2.45) is 0 Å². The monoisotopic (exact) mass is 460 g/mol. The lowest BCUT2D eigenvalue weighted by molar-refractivity contribution is 0.594. The van der Waals surface area contributed by atoms with E-state index in [1.807, 2.05) is 104 Å². The minimum atomic E-state index is -1.25. The van der Waals surface area contributed by atoms with Crippen LogP contribution in [0, 0.1) is 6.92 Å². The fraction of sp³-hybridized carbons (Fsp3) is 0.0357. The number of rotatable bonds is 3. The molecule has 4 aromatic carbocycles. The number of nitrogens with one attached hydrogen (secondary N) is 1. The molecular formula is C28H20N4OS. The van der Waals surface area contributed by atoms with E-state index < -0.39 is 11.2 Å². The van der Waals surface area contributed by atoms with Gasteiger partial charge in [-0.2, -0.15) is 0 Å². The molecule has 1 N–H and O–H groups in total. The highest BCUT2D eigenvalue weighted by molar-refractivity contribution is 7.92. The molecule has 0 bridgehead atoms. The molecule has 0 saturated heterocycles. The number of hydrogen-bond acceptors (Lipinski definition) is 5. The van der Waals surface area contributed by atoms with Gasteiger partial charge in [0.05, 0.1) is 11.4 Å². The highest BCUT2D eigenvalue weighted by Crippen LogP contribution is 2.43. The summed E-state index contributed by atoms with van der Waals surface area (Å²) in [6.07, 6.45) is 0. The Kier molecular flexibility index (Phi) is 5.09. The zero-order valence-electron chi connectivity index (χ0n) is 18.4. The van der Waals surface area contributed by atoms with E-state index in [0.29, 0.717) is 17.5 Å². The van der Waals surface area contributed by atoms with Crippen LogP contribution < -0.4 is 5.32 Å². The van der Waals surface area contributed by atoms with Gasteiger partial charge in [-0.1, -0.05) is 72.8 Å². The molecule has 1 unspecified atom stereocenters. The Hall–Kier alpha value is -4.00. The van der Waals surface area contributed by atoms with Crippen LogP contribution >= 0.6 is 0 Å². The summed E-state index contributed by atoms with van der Waals surface area (Å²) >= 11 is -1.25. The molecule has 0 amide bonds. The first-order chi connectivity index (χ1) is 16.7. The van der Waals surface area contributed by atoms with Gasteiger partial charge in [0, 0.05) is 27.9 Å². The summed E-state index contributed by atoms with van der Waals surface area (Å²) < 4.78 is 13.2. The van der Waals surface area contributed by atoms with E-state index in [4.69, 9.17) is 15.0 Å². The summed E-state index contributed by atoms with van der Waals surface area (Å²) in [5.74, 6) is 1.81. The van der Waals surface area contributed by atoms with Crippen molar-refractivity contribution in [3.05, 3.63) is 103 Å². The van der Waals surface area contributed by atoms with Crippen LogP contribution in [-0.2, 0) is 11.2 Å². The smallest absolute Gasteiger partial charge is 0.182 e. The number of para-hydroxylation sites is 1. The molecule has 5 nitrogen and oxygen atoms in total. The Labute approximate surface area is 200 Å². The normalized spacial score (nSPS) is 14.1. The average Bonchev–Trinajstić information content (AvgIpc) is 2.90. The number of hydrogen-bond donors (Lipinski definition) is 1. The Balaban J connectivity index is 1.53. The molecule has 5 aromatic rings. The molecule has 1 atom stereocenters. The average molecular weight is 461 g/mol. The van der Waals surface area contributed by atoms with Gasteiger partial charge in [0.15, 0.2) is 27.3 Å². The van der Waals surface area contributed by atoms with Crippen molar-refractivity contribution in [2.45, 2.75) is 16.7 Å². The van der Waals surface area contributed by atoms with Gasteiger partial charge in [0.2, 0.25) is 0 Å². The van der Waals surface area contributed by atoms with E-state index >= 15 is 0 Å². The lowest BCUT2D eigenvalue weighted by atomic mass is 10.0. The minimum absolute atomic E-state index is 0.583. The largest absolute Gasteiger partial charge is 0.606 e. The molecule has 1 aliphatic rings. The standard InChI is InChI=1S/C28H20N4OS/c1-18-21(16-17-24-25(18)29-22-14-8-9-15-23(22)34(24)33)28-31-26(19-10-4-2-5-11-19)30-27(32-28)20-12-6-3-7-13-20/h2-17,29H,1H3. The van der Waals surface area contributed by atoms with Crippen LogP contribution in [-0.4, -0.2) is 19.5 Å². The minimum Gasteiger partial charge on any atom is -0.606 e. The molecule has 1 aliphatic heterocycles. The van der Waals surface area contributed by atoms with Crippen LogP contribution in [0.4, 0.5) is 11.4 Å². The van der Waals surface area contributed by atoms with Gasteiger partial charge in [-0.05, 0) is 36.8 Å². The molecule has 6 rings (SSSR count). The van der Waals surface area contributed by atoms with Crippen molar-refractivity contribution < 1.29 is 4.55 Å². The predicted molar refractivity (Wildman–Crippen MR) is 135 cm³/mol. The van der Waals surface area contributed by atoms with Crippen LogP contribution in [0.25, 0.3) is 34.2 Å². The molecule has 0 spiro atoms. The molecule has 0 radical (unpaired) electrons. The lowest BCUT2D eigenvalue weighted by Gasteiger charge is -2.25. The number of benzene rings is 4. The zero-order chi connectivity index (χ0) is 23.1. The van der Waals surface area contributed by atoms with E-state index in [0.717, 1.165) is 43.4 Å². The molecule has 2 heterocycles. The Morgan fingerprint density at radius 2 is 1.18 bits per heavy atom. The van der Waals surface area contributed by atoms with Crippen molar-refractivity contribution in [1.29, 1.82) is 0 Å². The summed E-state index contributed by atoms with van der Waals surface area (Å²) in [6, 6.07) is 31.4. The fourth-order valence-corrected chi connectivity index (χ4v) is 5.49. The van der Waals surface area contributed by atoms with Gasteiger partial charge in [0.1, 0.15) is 0 Å². The molecule has 0 fully saturated rings. The summed E-state index contributed by atoms with van der Waals surface area (Å²) in [7, 11) is 0. The number of fused-ring (bicyclic) bond motifs is 2. The van der Waals surface area contributed by atoms with Crippen molar-refractivity contribution in [3.63, 3.8) is 0 Å². The fourth-order valence-electron chi connectivity index (χ4n) is 4.15. The van der Waals surface area contributed by atoms with Crippen molar-refractivity contribution in [3.8, 4) is 34.2 Å². The Morgan fingerprint density at radius 3 is 1.82 bits per heavy atom. The molecule has 1 aromatic heterocycles. The predicted octanol–water partition coefficient (Wildman–Crippen LogP) is 6.40. The third kappa shape index (κ3) is 3.53. The van der Waals surface area contributed by atoms with Crippen LogP contribution in [0.1, 0.15) is 5.56 Å². The van der Waals surface area contributed by atoms with Crippen molar-refractivity contribution in [1.82, 2.24) is 15.0 Å². The van der Waals surface area contributed by atoms with Gasteiger partial charge in [-0.3, -0.25) is 0 Å². The van der Waals surface area contributed by atoms with E-state index in [1.165, 1.54) is 0 Å². The maximum atomic E-state index is 13.2. The summed E-state index contributed by atoms with van der Waals surface area (Å²) in [5.41, 5.74) is 5.37. The van der Waals surface area contributed by atoms with E-state index in [1.54, 1.807) is 0 Å². The SMILES string of the molecule is Cc1c(-c2nc(-c3ccccc3)nc(-c3ccccc3)n2)ccc2c1Nc1ccccc1[S+]2[O-]. The van der Waals surface area contributed by atoms with Gasteiger partial charge >= 0.3 is 0 Å². The van der Waals surface area contributed by atoms with Gasteiger partial charge in [-0.25, -0.2) is 15.0 Å². The molecule has 164 valence electrons. The van der Waals surface area contributed by atoms with Crippen LogP contribution in [0.3, 0.4) is 0 Å². The Bertz CT molecular complexity index is 1450. The van der Waals surface area contributed by atoms with E-state index in [9.17, 15) is 4.55 Å². The first-order valence-corrected chi connectivity index (χ1v) is 12.1. The van der Waals surface area contributed by atoms with Crippen molar-refractivity contribution >= 4 is 22.6 Å². The zero-order valence-corrected chi connectivity index (χ0v) is 19.2. The first kappa shape index (κ1) is 20.6. The molecule has 0 saturated carbocycles. The number of nitrogens with zero attached hydrogens (tertiary/aromatic N) is 3. The second-order valence-electron chi connectivity index (χ2n) is 8.04. The van der Waals surface area contributed by atoms with Gasteiger partial charge in [0.25, 0.3) is 0 Å². The van der Waals surface area contributed by atoms with Gasteiger partial charge in [-0.15, -0.1) is 0 Å². The molecular weight excluding hydrogens is 440 g/mol. The summed E-state index contributed by atoms with van der Waals surface area (Å²) in [5, 5.41) is 3.48. The summed E-state index contributed by atoms with van der Waals surface area (Å²) in [6.45, 7) is 2.01. The van der Waals surface area contributed by atoms with Gasteiger partial charge < -0.3 is 9.87 Å².